The fourth-order valence-corrected chi connectivity index (χ4v) is 3.84. The Kier molecular flexibility index (Phi) is 5.62. The predicted molar refractivity (Wildman–Crippen MR) is 123 cm³/mol. The number of methoxy groups -OCH3 is 1. The van der Waals surface area contributed by atoms with Crippen molar-refractivity contribution in [3.05, 3.63) is 78.0 Å². The van der Waals surface area contributed by atoms with E-state index in [2.05, 4.69) is 16.2 Å². The summed E-state index contributed by atoms with van der Waals surface area (Å²) in [5.41, 5.74) is 4.88. The molecule has 0 bridgehead atoms. The van der Waals surface area contributed by atoms with Gasteiger partial charge in [-0.3, -0.25) is 4.79 Å². The van der Waals surface area contributed by atoms with Gasteiger partial charge in [-0.05, 0) is 49.8 Å². The van der Waals surface area contributed by atoms with Crippen LogP contribution in [0, 0.1) is 6.92 Å². The quantitative estimate of drug-likeness (QED) is 0.229. The number of para-hydroxylation sites is 2. The first-order valence-corrected chi connectivity index (χ1v) is 10.2. The summed E-state index contributed by atoms with van der Waals surface area (Å²) >= 11 is 0. The SMILES string of the molecule is C=CCn1c2ccccc2n2nc(C)c(C(=O)/C=C/c3ccc(OCC)c(OC)c3)c12. The molecule has 158 valence electrons. The van der Waals surface area contributed by atoms with Gasteiger partial charge in [-0.25, -0.2) is 4.52 Å². The summed E-state index contributed by atoms with van der Waals surface area (Å²) in [6, 6.07) is 13.6. The maximum Gasteiger partial charge on any atom is 0.191 e. The number of carbonyl (C=O) groups excluding carboxylic acids is 1. The number of ether oxygens (including phenoxy) is 2. The Morgan fingerprint density at radius 2 is 1.94 bits per heavy atom. The molecule has 0 aliphatic carbocycles. The van der Waals surface area contributed by atoms with Crippen molar-refractivity contribution >= 4 is 28.5 Å². The lowest BCUT2D eigenvalue weighted by Gasteiger charge is -2.09. The minimum Gasteiger partial charge on any atom is -0.493 e. The van der Waals surface area contributed by atoms with Crippen LogP contribution in [0.4, 0.5) is 0 Å². The molecule has 0 saturated heterocycles. The molecule has 4 aromatic rings. The van der Waals surface area contributed by atoms with E-state index in [1.54, 1.807) is 19.3 Å². The van der Waals surface area contributed by atoms with Crippen molar-refractivity contribution < 1.29 is 14.3 Å². The summed E-state index contributed by atoms with van der Waals surface area (Å²) < 4.78 is 14.9. The van der Waals surface area contributed by atoms with Crippen molar-refractivity contribution in [1.82, 2.24) is 14.2 Å². The van der Waals surface area contributed by atoms with Crippen LogP contribution in [0.25, 0.3) is 22.8 Å². The van der Waals surface area contributed by atoms with Crippen molar-refractivity contribution in [2.75, 3.05) is 13.7 Å². The highest BCUT2D eigenvalue weighted by Crippen LogP contribution is 2.29. The van der Waals surface area contributed by atoms with Gasteiger partial charge in [-0.15, -0.1) is 6.58 Å². The van der Waals surface area contributed by atoms with Crippen LogP contribution in [-0.4, -0.2) is 33.7 Å². The molecule has 2 aromatic heterocycles. The van der Waals surface area contributed by atoms with Crippen molar-refractivity contribution in [3.8, 4) is 11.5 Å². The fraction of sp³-hybridized carbons (Fsp3) is 0.200. The second-order valence-electron chi connectivity index (χ2n) is 7.12. The number of aryl methyl sites for hydroxylation is 1. The van der Waals surface area contributed by atoms with E-state index in [0.29, 0.717) is 35.9 Å². The average molecular weight is 415 g/mol. The third-order valence-electron chi connectivity index (χ3n) is 5.17. The molecule has 0 aliphatic rings. The number of rotatable bonds is 8. The maximum absolute atomic E-state index is 13.2. The molecule has 2 heterocycles. The molecule has 6 heteroatoms. The molecule has 6 nitrogen and oxygen atoms in total. The van der Waals surface area contributed by atoms with Crippen LogP contribution in [0.15, 0.2) is 61.2 Å². The number of ketones is 1. The van der Waals surface area contributed by atoms with E-state index in [4.69, 9.17) is 9.47 Å². The van der Waals surface area contributed by atoms with Gasteiger partial charge in [0.1, 0.15) is 5.65 Å². The number of allylic oxidation sites excluding steroid dienone is 2. The van der Waals surface area contributed by atoms with Gasteiger partial charge in [0.15, 0.2) is 17.3 Å². The summed E-state index contributed by atoms with van der Waals surface area (Å²) in [6.45, 7) is 8.80. The second-order valence-corrected chi connectivity index (χ2v) is 7.12. The van der Waals surface area contributed by atoms with Crippen LogP contribution in [0.2, 0.25) is 0 Å². The van der Waals surface area contributed by atoms with E-state index in [0.717, 1.165) is 22.2 Å². The lowest BCUT2D eigenvalue weighted by molar-refractivity contribution is 0.104. The number of nitrogens with zero attached hydrogens (tertiary/aromatic N) is 3. The molecule has 0 aliphatic heterocycles. The Labute approximate surface area is 181 Å². The third kappa shape index (κ3) is 3.61. The number of hydrogen-bond acceptors (Lipinski definition) is 4. The lowest BCUT2D eigenvalue weighted by Crippen LogP contribution is -2.02. The van der Waals surface area contributed by atoms with Crippen molar-refractivity contribution in [3.63, 3.8) is 0 Å². The monoisotopic (exact) mass is 415 g/mol. The molecule has 0 saturated carbocycles. The highest BCUT2D eigenvalue weighted by Gasteiger charge is 2.21. The predicted octanol–water partition coefficient (Wildman–Crippen LogP) is 5.09. The van der Waals surface area contributed by atoms with Crippen molar-refractivity contribution in [1.29, 1.82) is 0 Å². The van der Waals surface area contributed by atoms with Crippen molar-refractivity contribution in [2.45, 2.75) is 20.4 Å². The van der Waals surface area contributed by atoms with E-state index in [1.807, 2.05) is 66.9 Å². The van der Waals surface area contributed by atoms with E-state index in [9.17, 15) is 4.79 Å². The Balaban J connectivity index is 1.76. The average Bonchev–Trinajstić information content (AvgIpc) is 3.27. The summed E-state index contributed by atoms with van der Waals surface area (Å²) in [5, 5.41) is 4.65. The van der Waals surface area contributed by atoms with Gasteiger partial charge in [0.25, 0.3) is 0 Å². The fourth-order valence-electron chi connectivity index (χ4n) is 3.84. The largest absolute Gasteiger partial charge is 0.493 e. The number of fused-ring (bicyclic) bond motifs is 3. The number of carbonyl (C=O) groups is 1. The second kappa shape index (κ2) is 8.52. The Bertz CT molecular complexity index is 1310. The van der Waals surface area contributed by atoms with Gasteiger partial charge in [0, 0.05) is 6.54 Å². The molecular weight excluding hydrogens is 390 g/mol. The van der Waals surface area contributed by atoms with Gasteiger partial charge >= 0.3 is 0 Å². The minimum atomic E-state index is -0.103. The van der Waals surface area contributed by atoms with E-state index in [-0.39, 0.29) is 5.78 Å². The molecule has 31 heavy (non-hydrogen) atoms. The van der Waals surface area contributed by atoms with Gasteiger partial charge in [-0.1, -0.05) is 30.4 Å². The van der Waals surface area contributed by atoms with Gasteiger partial charge in [-0.2, -0.15) is 5.10 Å². The van der Waals surface area contributed by atoms with Gasteiger partial charge < -0.3 is 14.0 Å². The first-order valence-electron chi connectivity index (χ1n) is 10.2. The number of aromatic nitrogens is 3. The summed E-state index contributed by atoms with van der Waals surface area (Å²) in [7, 11) is 1.60. The van der Waals surface area contributed by atoms with Crippen LogP contribution in [0.5, 0.6) is 11.5 Å². The Morgan fingerprint density at radius 3 is 2.65 bits per heavy atom. The molecule has 2 aromatic carbocycles. The summed E-state index contributed by atoms with van der Waals surface area (Å²) in [4.78, 5) is 13.2. The van der Waals surface area contributed by atoms with E-state index in [1.165, 1.54) is 0 Å². The number of imidazole rings is 1. The highest BCUT2D eigenvalue weighted by atomic mass is 16.5. The zero-order valence-corrected chi connectivity index (χ0v) is 18.0. The first kappa shape index (κ1) is 20.5. The first-order chi connectivity index (χ1) is 15.1. The summed E-state index contributed by atoms with van der Waals surface area (Å²) in [5.74, 6) is 1.21. The van der Waals surface area contributed by atoms with Crippen LogP contribution in [0.1, 0.15) is 28.5 Å². The van der Waals surface area contributed by atoms with Crippen LogP contribution in [0.3, 0.4) is 0 Å². The van der Waals surface area contributed by atoms with Crippen molar-refractivity contribution in [2.24, 2.45) is 0 Å². The molecule has 0 amide bonds. The number of hydrogen-bond donors (Lipinski definition) is 0. The van der Waals surface area contributed by atoms with E-state index < -0.39 is 0 Å². The summed E-state index contributed by atoms with van der Waals surface area (Å²) in [6.07, 6.45) is 5.18. The van der Waals surface area contributed by atoms with Gasteiger partial charge in [0.05, 0.1) is 36.0 Å². The van der Waals surface area contributed by atoms with Crippen LogP contribution in [-0.2, 0) is 6.54 Å². The lowest BCUT2D eigenvalue weighted by atomic mass is 10.1. The van der Waals surface area contributed by atoms with Crippen LogP contribution >= 0.6 is 0 Å². The van der Waals surface area contributed by atoms with E-state index >= 15 is 0 Å². The standard InChI is InChI=1S/C25H25N3O3/c1-5-15-27-19-9-7-8-10-20(19)28-25(27)24(17(3)26-28)21(29)13-11-18-12-14-22(31-6-2)23(16-18)30-4/h5,7-14,16H,1,6,15H2,2-4H3/b13-11+. The molecule has 0 N–H and O–H groups in total. The van der Waals surface area contributed by atoms with Crippen LogP contribution < -0.4 is 9.47 Å². The smallest absolute Gasteiger partial charge is 0.191 e. The maximum atomic E-state index is 13.2. The molecule has 4 rings (SSSR count). The molecule has 0 unspecified atom stereocenters. The Hall–Kier alpha value is -3.80. The zero-order valence-electron chi connectivity index (χ0n) is 18.0. The topological polar surface area (TPSA) is 57.8 Å². The minimum absolute atomic E-state index is 0.103. The van der Waals surface area contributed by atoms with Gasteiger partial charge in [0.2, 0.25) is 0 Å². The third-order valence-corrected chi connectivity index (χ3v) is 5.17. The highest BCUT2D eigenvalue weighted by molar-refractivity contribution is 6.12. The number of benzene rings is 2. The molecule has 0 spiro atoms. The normalized spacial score (nSPS) is 11.5. The molecular formula is C25H25N3O3. The molecule has 0 fully saturated rings. The molecule has 0 atom stereocenters. The zero-order chi connectivity index (χ0) is 22.0. The Morgan fingerprint density at radius 1 is 1.16 bits per heavy atom. The molecule has 0 radical (unpaired) electrons.